The average molecular weight is 853 g/mol. The Morgan fingerprint density at radius 1 is 0.355 bits per heavy atom. The van der Waals surface area contributed by atoms with Gasteiger partial charge in [-0.15, -0.1) is 0 Å². The van der Waals surface area contributed by atoms with Gasteiger partial charge in [-0.05, 0) is 103 Å². The first-order chi connectivity index (χ1) is 30.5. The predicted octanol–water partition coefficient (Wildman–Crippen LogP) is 15.7. The van der Waals surface area contributed by atoms with Crippen LogP contribution in [0, 0.1) is 0 Å². The van der Waals surface area contributed by atoms with Crippen molar-refractivity contribution in [2.45, 2.75) is 175 Å². The largest absolute Gasteiger partial charge is 0.462 e. The molecule has 0 radical (unpaired) electrons. The number of allylic oxidation sites excluding steroid dienone is 24. The summed E-state index contributed by atoms with van der Waals surface area (Å²) in [5, 5.41) is 0. The topological polar surface area (TPSA) is 78.9 Å². The Bertz CT molecular complexity index is 1440. The van der Waals surface area contributed by atoms with E-state index < -0.39 is 6.10 Å². The summed E-state index contributed by atoms with van der Waals surface area (Å²) in [5.74, 6) is -1.11. The second-order valence-corrected chi connectivity index (χ2v) is 15.0. The van der Waals surface area contributed by atoms with Crippen LogP contribution in [0.25, 0.3) is 0 Å². The van der Waals surface area contributed by atoms with Gasteiger partial charge in [-0.1, -0.05) is 192 Å². The molecule has 0 aliphatic heterocycles. The van der Waals surface area contributed by atoms with Gasteiger partial charge in [0.15, 0.2) is 6.10 Å². The summed E-state index contributed by atoms with van der Waals surface area (Å²) in [4.78, 5) is 37.8. The second kappa shape index (κ2) is 49.0. The Hall–Kier alpha value is -4.71. The van der Waals surface area contributed by atoms with Crippen LogP contribution in [0.2, 0.25) is 0 Å². The fraction of sp³-hybridized carbons (Fsp3) is 0.518. The highest BCUT2D eigenvalue weighted by Crippen LogP contribution is 2.10. The van der Waals surface area contributed by atoms with E-state index in [2.05, 4.69) is 112 Å². The molecule has 344 valence electrons. The van der Waals surface area contributed by atoms with Gasteiger partial charge in [-0.3, -0.25) is 14.4 Å². The first kappa shape index (κ1) is 57.3. The number of hydrogen-bond acceptors (Lipinski definition) is 6. The normalized spacial score (nSPS) is 13.4. The van der Waals surface area contributed by atoms with Gasteiger partial charge in [0.1, 0.15) is 13.2 Å². The van der Waals surface area contributed by atoms with Gasteiger partial charge in [-0.2, -0.15) is 0 Å². The van der Waals surface area contributed by atoms with Crippen LogP contribution in [0.1, 0.15) is 168 Å². The van der Waals surface area contributed by atoms with E-state index in [1.807, 2.05) is 54.7 Å². The highest BCUT2D eigenvalue weighted by Gasteiger charge is 2.19. The minimum absolute atomic E-state index is 0.145. The van der Waals surface area contributed by atoms with Crippen molar-refractivity contribution in [3.63, 3.8) is 0 Å². The summed E-state index contributed by atoms with van der Waals surface area (Å²) in [7, 11) is 0. The molecule has 0 N–H and O–H groups in total. The van der Waals surface area contributed by atoms with Gasteiger partial charge in [0, 0.05) is 19.3 Å². The minimum Gasteiger partial charge on any atom is -0.462 e. The van der Waals surface area contributed by atoms with Crippen LogP contribution >= 0.6 is 0 Å². The molecule has 0 aliphatic carbocycles. The van der Waals surface area contributed by atoms with Gasteiger partial charge in [-0.25, -0.2) is 0 Å². The Kier molecular flexibility index (Phi) is 45.2. The molecular formula is C56H84O6. The predicted molar refractivity (Wildman–Crippen MR) is 265 cm³/mol. The molecule has 0 bridgehead atoms. The molecule has 0 aromatic rings. The van der Waals surface area contributed by atoms with Gasteiger partial charge < -0.3 is 14.2 Å². The summed E-state index contributed by atoms with van der Waals surface area (Å²) in [5.41, 5.74) is 0. The minimum atomic E-state index is -0.846. The maximum Gasteiger partial charge on any atom is 0.306 e. The fourth-order valence-corrected chi connectivity index (χ4v) is 5.65. The van der Waals surface area contributed by atoms with Crippen molar-refractivity contribution in [2.75, 3.05) is 13.2 Å². The number of rotatable bonds is 40. The van der Waals surface area contributed by atoms with Gasteiger partial charge >= 0.3 is 17.9 Å². The van der Waals surface area contributed by atoms with Crippen LogP contribution in [0.3, 0.4) is 0 Å². The van der Waals surface area contributed by atoms with Crippen LogP contribution in [-0.4, -0.2) is 37.2 Å². The molecule has 0 saturated heterocycles. The molecule has 0 rings (SSSR count). The molecule has 0 amide bonds. The molecule has 1 unspecified atom stereocenters. The van der Waals surface area contributed by atoms with Crippen LogP contribution < -0.4 is 0 Å². The highest BCUT2D eigenvalue weighted by atomic mass is 16.6. The number of unbranched alkanes of at least 4 members (excludes halogenated alkanes) is 9. The molecular weight excluding hydrogens is 769 g/mol. The zero-order valence-corrected chi connectivity index (χ0v) is 39.1. The zero-order valence-electron chi connectivity index (χ0n) is 39.1. The number of hydrogen-bond donors (Lipinski definition) is 0. The van der Waals surface area contributed by atoms with Gasteiger partial charge in [0.2, 0.25) is 0 Å². The van der Waals surface area contributed by atoms with Crippen LogP contribution in [0.5, 0.6) is 0 Å². The van der Waals surface area contributed by atoms with Crippen LogP contribution in [-0.2, 0) is 28.6 Å². The van der Waals surface area contributed by atoms with E-state index >= 15 is 0 Å². The summed E-state index contributed by atoms with van der Waals surface area (Å²) >= 11 is 0. The van der Waals surface area contributed by atoms with Crippen molar-refractivity contribution in [1.82, 2.24) is 0 Å². The van der Waals surface area contributed by atoms with Crippen molar-refractivity contribution in [3.8, 4) is 0 Å². The van der Waals surface area contributed by atoms with Gasteiger partial charge in [0.05, 0.1) is 0 Å². The van der Waals surface area contributed by atoms with E-state index in [-0.39, 0.29) is 50.4 Å². The maximum absolute atomic E-state index is 12.7. The Morgan fingerprint density at radius 3 is 1.21 bits per heavy atom. The van der Waals surface area contributed by atoms with E-state index in [4.69, 9.17) is 14.2 Å². The smallest absolute Gasteiger partial charge is 0.306 e. The summed E-state index contributed by atoms with van der Waals surface area (Å²) < 4.78 is 16.6. The molecule has 0 saturated carbocycles. The van der Waals surface area contributed by atoms with E-state index in [1.54, 1.807) is 0 Å². The third-order valence-corrected chi connectivity index (χ3v) is 9.19. The molecule has 6 heteroatoms. The number of esters is 3. The molecule has 0 spiro atoms. The quantitative estimate of drug-likeness (QED) is 0.0201. The summed E-state index contributed by atoms with van der Waals surface area (Å²) in [6, 6.07) is 0. The Balaban J connectivity index is 4.65. The highest BCUT2D eigenvalue weighted by molar-refractivity contribution is 5.71. The zero-order chi connectivity index (χ0) is 45.1. The fourth-order valence-electron chi connectivity index (χ4n) is 5.65. The second-order valence-electron chi connectivity index (χ2n) is 15.0. The van der Waals surface area contributed by atoms with Crippen molar-refractivity contribution >= 4 is 17.9 Å². The van der Waals surface area contributed by atoms with Crippen molar-refractivity contribution in [3.05, 3.63) is 146 Å². The number of carbonyl (C=O) groups is 3. The lowest BCUT2D eigenvalue weighted by molar-refractivity contribution is -0.167. The van der Waals surface area contributed by atoms with Crippen molar-refractivity contribution < 1.29 is 28.6 Å². The van der Waals surface area contributed by atoms with Crippen molar-refractivity contribution in [2.24, 2.45) is 0 Å². The molecule has 0 aromatic carbocycles. The van der Waals surface area contributed by atoms with E-state index in [0.29, 0.717) is 19.3 Å². The third-order valence-electron chi connectivity index (χ3n) is 9.19. The van der Waals surface area contributed by atoms with Crippen molar-refractivity contribution in [1.29, 1.82) is 0 Å². The molecule has 6 nitrogen and oxygen atoms in total. The maximum atomic E-state index is 12.7. The number of ether oxygens (including phenoxy) is 3. The van der Waals surface area contributed by atoms with Crippen LogP contribution in [0.4, 0.5) is 0 Å². The van der Waals surface area contributed by atoms with Gasteiger partial charge in [0.25, 0.3) is 0 Å². The SMILES string of the molecule is CC\C=C/C=C\C=C/C=C\C=C/CCCC(=O)OCC(COC(=O)CCC/C=C\C/C=C\C/C=C\C/C=C\CCCCC)OC(=O)CCCCCC/C=C\C/C=C\C/C=C\CC. The third kappa shape index (κ3) is 46.4. The average Bonchev–Trinajstić information content (AvgIpc) is 3.27. The first-order valence-electron chi connectivity index (χ1n) is 23.9. The van der Waals surface area contributed by atoms with E-state index in [0.717, 1.165) is 83.5 Å². The molecule has 0 aliphatic rings. The van der Waals surface area contributed by atoms with E-state index in [9.17, 15) is 14.4 Å². The standard InChI is InChI=1S/C56H84O6/c1-4-7-10-13-16-19-22-25-27-28-29-32-34-37-40-43-46-49-55(58)61-52-53(51-60-54(57)48-45-42-39-36-33-30-24-21-18-15-12-9-6-3)62-56(59)50-47-44-41-38-35-31-26-23-20-17-14-11-8-5-2/h8-9,11-12,15-21,24-27,29-33,36-37,39-40,53H,4-7,10,13-14,22-23,28,34-35,38,41-52H2,1-3H3/b11-8-,12-9-,18-15-,19-16-,20-17-,24-21-,27-25-,31-26-,32-29-,33-30-,39-36-,40-37-. The molecule has 0 heterocycles. The molecule has 0 aromatic heterocycles. The lowest BCUT2D eigenvalue weighted by atomic mass is 10.1. The first-order valence-corrected chi connectivity index (χ1v) is 23.9. The molecule has 62 heavy (non-hydrogen) atoms. The Labute approximate surface area is 378 Å². The summed E-state index contributed by atoms with van der Waals surface area (Å²) in [6.07, 6.45) is 69.8. The molecule has 1 atom stereocenters. The molecule has 0 fully saturated rings. The monoisotopic (exact) mass is 853 g/mol. The Morgan fingerprint density at radius 2 is 0.726 bits per heavy atom. The number of carbonyl (C=O) groups excluding carboxylic acids is 3. The van der Waals surface area contributed by atoms with E-state index in [1.165, 1.54) is 25.7 Å². The lowest BCUT2D eigenvalue weighted by Crippen LogP contribution is -2.30. The van der Waals surface area contributed by atoms with Crippen LogP contribution in [0.15, 0.2) is 146 Å². The lowest BCUT2D eigenvalue weighted by Gasteiger charge is -2.18. The summed E-state index contributed by atoms with van der Waals surface area (Å²) in [6.45, 7) is 6.18.